The topological polar surface area (TPSA) is 46.9 Å². The van der Waals surface area contributed by atoms with Crippen molar-refractivity contribution < 1.29 is 4.79 Å². The standard InChI is InChI=1S/C27H24BrCl2N3OS/c1-3-4-5-6-21-12-14-25(35-21)26-17(2)23(16-31-27(34)18-7-9-19(28)10-8-18)32-33(26)24-13-11-20(29)15-22(24)30/h5-15H,3-4,16H2,1-2H3,(H,31,34)/b6-5+. The number of halogens is 3. The SMILES string of the molecule is CCC/C=C/c1ccc(-c2c(C)c(CNC(=O)c3ccc(Br)cc3)nn2-c2ccc(Cl)cc2Cl)s1. The molecule has 4 rings (SSSR count). The molecule has 0 aliphatic carbocycles. The van der Waals surface area contributed by atoms with Gasteiger partial charge in [0.05, 0.1) is 33.5 Å². The van der Waals surface area contributed by atoms with Crippen molar-refractivity contribution in [1.29, 1.82) is 0 Å². The van der Waals surface area contributed by atoms with Gasteiger partial charge in [0.1, 0.15) is 0 Å². The van der Waals surface area contributed by atoms with Gasteiger partial charge >= 0.3 is 0 Å². The van der Waals surface area contributed by atoms with Gasteiger partial charge in [-0.15, -0.1) is 11.3 Å². The number of allylic oxidation sites excluding steroid dienone is 1. The molecular formula is C27H24BrCl2N3OS. The van der Waals surface area contributed by atoms with Gasteiger partial charge in [-0.25, -0.2) is 4.68 Å². The highest BCUT2D eigenvalue weighted by Crippen LogP contribution is 2.36. The van der Waals surface area contributed by atoms with Crippen LogP contribution in [0.25, 0.3) is 22.3 Å². The molecule has 2 aromatic heterocycles. The minimum absolute atomic E-state index is 0.156. The van der Waals surface area contributed by atoms with E-state index in [9.17, 15) is 4.79 Å². The molecule has 1 amide bonds. The minimum atomic E-state index is -0.156. The second-order valence-corrected chi connectivity index (χ2v) is 10.9. The van der Waals surface area contributed by atoms with E-state index in [1.54, 1.807) is 35.6 Å². The number of unbranched alkanes of at least 4 members (excludes halogenated alkanes) is 1. The van der Waals surface area contributed by atoms with Crippen molar-refractivity contribution in [2.45, 2.75) is 33.2 Å². The van der Waals surface area contributed by atoms with E-state index < -0.39 is 0 Å². The van der Waals surface area contributed by atoms with E-state index in [1.165, 1.54) is 4.88 Å². The molecule has 35 heavy (non-hydrogen) atoms. The summed E-state index contributed by atoms with van der Waals surface area (Å²) in [4.78, 5) is 14.9. The van der Waals surface area contributed by atoms with Gasteiger partial charge in [-0.1, -0.05) is 58.6 Å². The van der Waals surface area contributed by atoms with Gasteiger partial charge in [-0.05, 0) is 74.0 Å². The number of hydrogen-bond donors (Lipinski definition) is 1. The first kappa shape index (κ1) is 25.7. The van der Waals surface area contributed by atoms with Crippen LogP contribution in [0.1, 0.15) is 46.3 Å². The molecule has 0 atom stereocenters. The highest BCUT2D eigenvalue weighted by Gasteiger charge is 2.21. The summed E-state index contributed by atoms with van der Waals surface area (Å²) in [6.45, 7) is 4.48. The third-order valence-corrected chi connectivity index (χ3v) is 7.60. The van der Waals surface area contributed by atoms with Gasteiger partial charge in [0.2, 0.25) is 0 Å². The van der Waals surface area contributed by atoms with E-state index in [-0.39, 0.29) is 5.91 Å². The molecule has 0 fully saturated rings. The van der Waals surface area contributed by atoms with Crippen molar-refractivity contribution in [3.63, 3.8) is 0 Å². The number of carbonyl (C=O) groups excluding carboxylic acids is 1. The summed E-state index contributed by atoms with van der Waals surface area (Å²) in [6, 6.07) is 16.8. The number of hydrogen-bond acceptors (Lipinski definition) is 3. The van der Waals surface area contributed by atoms with Crippen molar-refractivity contribution in [1.82, 2.24) is 15.1 Å². The molecule has 0 saturated heterocycles. The Morgan fingerprint density at radius 1 is 1.14 bits per heavy atom. The lowest BCUT2D eigenvalue weighted by Crippen LogP contribution is -2.23. The minimum Gasteiger partial charge on any atom is -0.346 e. The second-order valence-electron chi connectivity index (χ2n) is 8.01. The lowest BCUT2D eigenvalue weighted by molar-refractivity contribution is 0.0950. The van der Waals surface area contributed by atoms with Crippen LogP contribution in [-0.4, -0.2) is 15.7 Å². The molecule has 1 N–H and O–H groups in total. The molecule has 0 aliphatic heterocycles. The van der Waals surface area contributed by atoms with Crippen LogP contribution in [0, 0.1) is 6.92 Å². The molecule has 4 aromatic rings. The van der Waals surface area contributed by atoms with Crippen LogP contribution in [-0.2, 0) is 6.54 Å². The summed E-state index contributed by atoms with van der Waals surface area (Å²) in [7, 11) is 0. The summed E-state index contributed by atoms with van der Waals surface area (Å²) in [5.41, 5.74) is 4.03. The van der Waals surface area contributed by atoms with Gasteiger partial charge in [0.15, 0.2) is 0 Å². The normalized spacial score (nSPS) is 11.3. The Morgan fingerprint density at radius 2 is 1.91 bits per heavy atom. The first-order valence-corrected chi connectivity index (χ1v) is 13.6. The molecule has 0 saturated carbocycles. The zero-order chi connectivity index (χ0) is 24.9. The Morgan fingerprint density at radius 3 is 2.63 bits per heavy atom. The van der Waals surface area contributed by atoms with Crippen LogP contribution in [0.4, 0.5) is 0 Å². The van der Waals surface area contributed by atoms with E-state index >= 15 is 0 Å². The predicted molar refractivity (Wildman–Crippen MR) is 151 cm³/mol. The molecule has 0 spiro atoms. The van der Waals surface area contributed by atoms with Crippen LogP contribution in [0.3, 0.4) is 0 Å². The Kier molecular flexibility index (Phi) is 8.50. The summed E-state index contributed by atoms with van der Waals surface area (Å²) >= 11 is 17.8. The fourth-order valence-electron chi connectivity index (χ4n) is 3.63. The van der Waals surface area contributed by atoms with Gasteiger partial charge in [0.25, 0.3) is 5.91 Å². The van der Waals surface area contributed by atoms with Gasteiger partial charge < -0.3 is 5.32 Å². The number of nitrogens with zero attached hydrogens (tertiary/aromatic N) is 2. The van der Waals surface area contributed by atoms with E-state index in [0.717, 1.165) is 44.8 Å². The Hall–Kier alpha value is -2.38. The second kappa shape index (κ2) is 11.6. The molecule has 180 valence electrons. The maximum Gasteiger partial charge on any atom is 0.251 e. The van der Waals surface area contributed by atoms with Crippen molar-refractivity contribution in [2.24, 2.45) is 0 Å². The van der Waals surface area contributed by atoms with Crippen molar-refractivity contribution >= 4 is 62.5 Å². The number of nitrogens with one attached hydrogen (secondary N) is 1. The van der Waals surface area contributed by atoms with E-state index in [2.05, 4.69) is 52.5 Å². The summed E-state index contributed by atoms with van der Waals surface area (Å²) in [5.74, 6) is -0.156. The lowest BCUT2D eigenvalue weighted by Gasteiger charge is -2.09. The smallest absolute Gasteiger partial charge is 0.251 e. The quantitative estimate of drug-likeness (QED) is 0.224. The highest BCUT2D eigenvalue weighted by molar-refractivity contribution is 9.10. The van der Waals surface area contributed by atoms with Crippen LogP contribution in [0.5, 0.6) is 0 Å². The van der Waals surface area contributed by atoms with Crippen LogP contribution in [0.2, 0.25) is 10.0 Å². The zero-order valence-corrected chi connectivity index (χ0v) is 23.2. The highest BCUT2D eigenvalue weighted by atomic mass is 79.9. The molecule has 2 heterocycles. The third kappa shape index (κ3) is 6.07. The summed E-state index contributed by atoms with van der Waals surface area (Å²) in [6.07, 6.45) is 6.51. The Balaban J connectivity index is 1.70. The Labute approximate surface area is 227 Å². The molecule has 0 unspecified atom stereocenters. The number of benzene rings is 2. The number of rotatable bonds is 8. The monoisotopic (exact) mass is 587 g/mol. The van der Waals surface area contributed by atoms with Crippen molar-refractivity contribution in [2.75, 3.05) is 0 Å². The number of amides is 1. The van der Waals surface area contributed by atoms with E-state index in [4.69, 9.17) is 28.3 Å². The predicted octanol–water partition coefficient (Wildman–Crippen LogP) is 8.72. The van der Waals surface area contributed by atoms with E-state index in [1.807, 2.05) is 29.8 Å². The van der Waals surface area contributed by atoms with Crippen LogP contribution in [0.15, 0.2) is 65.1 Å². The molecular weight excluding hydrogens is 565 g/mol. The Bertz CT molecular complexity index is 1380. The summed E-state index contributed by atoms with van der Waals surface area (Å²) < 4.78 is 2.77. The average Bonchev–Trinajstić information content (AvgIpc) is 3.42. The first-order valence-electron chi connectivity index (χ1n) is 11.2. The third-order valence-electron chi connectivity index (χ3n) is 5.48. The number of aromatic nitrogens is 2. The largest absolute Gasteiger partial charge is 0.346 e. The number of carbonyl (C=O) groups is 1. The van der Waals surface area contributed by atoms with E-state index in [0.29, 0.717) is 22.2 Å². The van der Waals surface area contributed by atoms with Crippen molar-refractivity contribution in [3.8, 4) is 16.3 Å². The fraction of sp³-hybridized carbons (Fsp3) is 0.185. The molecule has 4 nitrogen and oxygen atoms in total. The van der Waals surface area contributed by atoms with Gasteiger partial charge in [-0.2, -0.15) is 5.10 Å². The lowest BCUT2D eigenvalue weighted by atomic mass is 10.1. The molecule has 2 aromatic carbocycles. The zero-order valence-electron chi connectivity index (χ0n) is 19.3. The molecule has 0 aliphatic rings. The maximum absolute atomic E-state index is 12.7. The van der Waals surface area contributed by atoms with Crippen molar-refractivity contribution in [3.05, 3.63) is 96.9 Å². The first-order chi connectivity index (χ1) is 16.9. The van der Waals surface area contributed by atoms with Gasteiger partial charge in [0, 0.05) is 25.5 Å². The maximum atomic E-state index is 12.7. The summed E-state index contributed by atoms with van der Waals surface area (Å²) in [5, 5.41) is 8.92. The molecule has 0 radical (unpaired) electrons. The molecule has 0 bridgehead atoms. The number of thiophene rings is 1. The fourth-order valence-corrected chi connectivity index (χ4v) is 5.41. The average molecular weight is 589 g/mol. The van der Waals surface area contributed by atoms with Gasteiger partial charge in [-0.3, -0.25) is 4.79 Å². The van der Waals surface area contributed by atoms with Crippen LogP contribution >= 0.6 is 50.5 Å². The molecule has 8 heteroatoms. The van der Waals surface area contributed by atoms with Crippen LogP contribution < -0.4 is 5.32 Å².